The minimum Gasteiger partial charge on any atom is -0.350 e. The standard InChI is InChI=1S/C17H16Br2N2O2/c18-17(19,15(22)20-11-13-7-3-1-4-8-13)16(23)21-12-14-9-5-2-6-10-14/h1-10H,11-12H2,(H,20,22)(H,21,23). The molecule has 0 saturated heterocycles. The maximum atomic E-state index is 12.2. The first-order chi connectivity index (χ1) is 11.0. The molecule has 0 bridgehead atoms. The lowest BCUT2D eigenvalue weighted by Gasteiger charge is -2.19. The highest BCUT2D eigenvalue weighted by Gasteiger charge is 2.40. The number of carbonyl (C=O) groups excluding carboxylic acids is 2. The van der Waals surface area contributed by atoms with Crippen molar-refractivity contribution in [1.82, 2.24) is 10.6 Å². The summed E-state index contributed by atoms with van der Waals surface area (Å²) in [4.78, 5) is 24.5. The number of rotatable bonds is 6. The van der Waals surface area contributed by atoms with E-state index in [0.29, 0.717) is 13.1 Å². The van der Waals surface area contributed by atoms with Crippen LogP contribution in [0.1, 0.15) is 11.1 Å². The molecule has 0 unspecified atom stereocenters. The van der Waals surface area contributed by atoms with Gasteiger partial charge in [-0.3, -0.25) is 9.59 Å². The van der Waals surface area contributed by atoms with Crippen molar-refractivity contribution in [1.29, 1.82) is 0 Å². The second kappa shape index (κ2) is 8.26. The predicted octanol–water partition coefficient (Wildman–Crippen LogP) is 3.11. The lowest BCUT2D eigenvalue weighted by Crippen LogP contribution is -2.48. The number of hydrogen-bond acceptors (Lipinski definition) is 2. The minimum absolute atomic E-state index is 0.352. The Morgan fingerprint density at radius 2 is 1.09 bits per heavy atom. The summed E-state index contributed by atoms with van der Waals surface area (Å²) < 4.78 is -1.50. The first kappa shape index (κ1) is 17.7. The van der Waals surface area contributed by atoms with E-state index in [9.17, 15) is 9.59 Å². The van der Waals surface area contributed by atoms with E-state index >= 15 is 0 Å². The fourth-order valence-electron chi connectivity index (χ4n) is 1.88. The average molecular weight is 440 g/mol. The Morgan fingerprint density at radius 1 is 0.739 bits per heavy atom. The van der Waals surface area contributed by atoms with E-state index in [1.807, 2.05) is 60.7 Å². The van der Waals surface area contributed by atoms with Crippen molar-refractivity contribution in [3.63, 3.8) is 0 Å². The molecule has 0 aromatic heterocycles. The van der Waals surface area contributed by atoms with Gasteiger partial charge >= 0.3 is 0 Å². The maximum absolute atomic E-state index is 12.2. The Hall–Kier alpha value is -1.66. The highest BCUT2D eigenvalue weighted by molar-refractivity contribution is 9.26. The Labute approximate surface area is 151 Å². The third-order valence-corrected chi connectivity index (χ3v) is 4.60. The molecule has 0 spiro atoms. The molecular formula is C17H16Br2N2O2. The summed E-state index contributed by atoms with van der Waals surface area (Å²) in [7, 11) is 0. The summed E-state index contributed by atoms with van der Waals surface area (Å²) >= 11 is 6.31. The molecule has 23 heavy (non-hydrogen) atoms. The molecule has 120 valence electrons. The van der Waals surface area contributed by atoms with E-state index in [4.69, 9.17) is 0 Å². The summed E-state index contributed by atoms with van der Waals surface area (Å²) in [6.07, 6.45) is 0. The Balaban J connectivity index is 1.88. The van der Waals surface area contributed by atoms with Gasteiger partial charge in [-0.1, -0.05) is 92.5 Å². The largest absolute Gasteiger partial charge is 0.350 e. The summed E-state index contributed by atoms with van der Waals surface area (Å²) in [5.41, 5.74) is 1.92. The normalized spacial score (nSPS) is 10.9. The second-order valence-corrected chi connectivity index (χ2v) is 8.35. The van der Waals surface area contributed by atoms with Gasteiger partial charge in [0, 0.05) is 13.1 Å². The molecule has 0 fully saturated rings. The van der Waals surface area contributed by atoms with Gasteiger partial charge < -0.3 is 10.6 Å². The lowest BCUT2D eigenvalue weighted by atomic mass is 10.2. The number of halogens is 2. The second-order valence-electron chi connectivity index (χ2n) is 4.91. The zero-order valence-corrected chi connectivity index (χ0v) is 15.4. The van der Waals surface area contributed by atoms with Crippen LogP contribution in [-0.2, 0) is 22.7 Å². The smallest absolute Gasteiger partial charge is 0.257 e. The van der Waals surface area contributed by atoms with E-state index in [1.54, 1.807) is 0 Å². The van der Waals surface area contributed by atoms with E-state index < -0.39 is 15.0 Å². The molecule has 2 rings (SSSR count). The molecular weight excluding hydrogens is 424 g/mol. The van der Waals surface area contributed by atoms with Gasteiger partial charge in [0.05, 0.1) is 0 Å². The number of benzene rings is 2. The van der Waals surface area contributed by atoms with Crippen molar-refractivity contribution in [2.45, 2.75) is 16.3 Å². The highest BCUT2D eigenvalue weighted by atomic mass is 79.9. The molecule has 0 aliphatic carbocycles. The van der Waals surface area contributed by atoms with Crippen LogP contribution in [0, 0.1) is 0 Å². The van der Waals surface area contributed by atoms with Crippen LogP contribution in [0.2, 0.25) is 0 Å². The molecule has 2 amide bonds. The molecule has 2 aromatic carbocycles. The van der Waals surface area contributed by atoms with Gasteiger partial charge in [-0.15, -0.1) is 0 Å². The van der Waals surface area contributed by atoms with Crippen LogP contribution in [0.3, 0.4) is 0 Å². The predicted molar refractivity (Wildman–Crippen MR) is 97.2 cm³/mol. The van der Waals surface area contributed by atoms with Gasteiger partial charge in [-0.05, 0) is 11.1 Å². The third-order valence-electron chi connectivity index (χ3n) is 3.16. The van der Waals surface area contributed by atoms with Crippen LogP contribution in [0.25, 0.3) is 0 Å². The van der Waals surface area contributed by atoms with Gasteiger partial charge in [-0.2, -0.15) is 0 Å². The minimum atomic E-state index is -1.50. The number of nitrogens with one attached hydrogen (secondary N) is 2. The number of amides is 2. The van der Waals surface area contributed by atoms with Gasteiger partial charge in [0.2, 0.25) is 3.23 Å². The fourth-order valence-corrected chi connectivity index (χ4v) is 2.44. The Bertz CT molecular complexity index is 603. The molecule has 0 atom stereocenters. The topological polar surface area (TPSA) is 58.2 Å². The van der Waals surface area contributed by atoms with Crippen LogP contribution in [0.4, 0.5) is 0 Å². The zero-order valence-electron chi connectivity index (χ0n) is 12.3. The molecule has 6 heteroatoms. The molecule has 0 aliphatic rings. The van der Waals surface area contributed by atoms with E-state index in [0.717, 1.165) is 11.1 Å². The summed E-state index contributed by atoms with van der Waals surface area (Å²) in [6, 6.07) is 19.0. The Kier molecular flexibility index (Phi) is 6.36. The summed E-state index contributed by atoms with van der Waals surface area (Å²) in [5, 5.41) is 5.45. The van der Waals surface area contributed by atoms with Crippen LogP contribution in [-0.4, -0.2) is 15.0 Å². The number of hydrogen-bond donors (Lipinski definition) is 2. The van der Waals surface area contributed by atoms with E-state index in [-0.39, 0.29) is 0 Å². The van der Waals surface area contributed by atoms with Crippen LogP contribution >= 0.6 is 31.9 Å². The number of carbonyl (C=O) groups is 2. The zero-order chi connectivity index (χ0) is 16.7. The van der Waals surface area contributed by atoms with Crippen molar-refractivity contribution in [2.75, 3.05) is 0 Å². The van der Waals surface area contributed by atoms with Crippen LogP contribution in [0.5, 0.6) is 0 Å². The van der Waals surface area contributed by atoms with Crippen LogP contribution < -0.4 is 10.6 Å². The lowest BCUT2D eigenvalue weighted by molar-refractivity contribution is -0.129. The first-order valence-electron chi connectivity index (χ1n) is 7.02. The first-order valence-corrected chi connectivity index (χ1v) is 8.61. The summed E-state index contributed by atoms with van der Waals surface area (Å²) in [6.45, 7) is 0.704. The van der Waals surface area contributed by atoms with Crippen LogP contribution in [0.15, 0.2) is 60.7 Å². The van der Waals surface area contributed by atoms with Gasteiger partial charge in [-0.25, -0.2) is 0 Å². The van der Waals surface area contributed by atoms with E-state index in [1.165, 1.54) is 0 Å². The SMILES string of the molecule is O=C(NCc1ccccc1)C(Br)(Br)C(=O)NCc1ccccc1. The average Bonchev–Trinajstić information content (AvgIpc) is 2.59. The molecule has 2 N–H and O–H groups in total. The van der Waals surface area contributed by atoms with Gasteiger partial charge in [0.1, 0.15) is 0 Å². The molecule has 0 heterocycles. The number of alkyl halides is 2. The quantitative estimate of drug-likeness (QED) is 0.536. The van der Waals surface area contributed by atoms with Crippen molar-refractivity contribution in [3.05, 3.63) is 71.8 Å². The van der Waals surface area contributed by atoms with Gasteiger partial charge in [0.25, 0.3) is 11.8 Å². The van der Waals surface area contributed by atoms with E-state index in [2.05, 4.69) is 42.5 Å². The van der Waals surface area contributed by atoms with Crippen molar-refractivity contribution in [3.8, 4) is 0 Å². The molecule has 4 nitrogen and oxygen atoms in total. The summed E-state index contributed by atoms with van der Waals surface area (Å²) in [5.74, 6) is -0.904. The van der Waals surface area contributed by atoms with Crippen molar-refractivity contribution in [2.24, 2.45) is 0 Å². The molecule has 0 aliphatic heterocycles. The van der Waals surface area contributed by atoms with Crippen molar-refractivity contribution >= 4 is 43.7 Å². The third kappa shape index (κ3) is 5.18. The monoisotopic (exact) mass is 438 g/mol. The van der Waals surface area contributed by atoms with Crippen molar-refractivity contribution < 1.29 is 9.59 Å². The molecule has 0 saturated carbocycles. The van der Waals surface area contributed by atoms with Gasteiger partial charge in [0.15, 0.2) is 0 Å². The molecule has 2 aromatic rings. The molecule has 0 radical (unpaired) electrons. The highest BCUT2D eigenvalue weighted by Crippen LogP contribution is 2.27. The maximum Gasteiger partial charge on any atom is 0.257 e. The Morgan fingerprint density at radius 3 is 1.43 bits per heavy atom. The fraction of sp³-hybridized carbons (Fsp3) is 0.176.